The molecule has 0 fully saturated rings. The molecule has 0 aliphatic carbocycles. The lowest BCUT2D eigenvalue weighted by molar-refractivity contribution is -0.116. The lowest BCUT2D eigenvalue weighted by atomic mass is 10.5. The third-order valence-electron chi connectivity index (χ3n) is 1.87. The SMILES string of the molecule is Cc1nsc(NC(=O)Cn2cc(CN)nn2)n1. The van der Waals surface area contributed by atoms with Crippen molar-refractivity contribution in [2.75, 3.05) is 5.32 Å². The maximum absolute atomic E-state index is 11.6. The highest BCUT2D eigenvalue weighted by Gasteiger charge is 2.08. The van der Waals surface area contributed by atoms with Crippen LogP contribution >= 0.6 is 11.5 Å². The summed E-state index contributed by atoms with van der Waals surface area (Å²) < 4.78 is 5.38. The number of amides is 1. The maximum Gasteiger partial charge on any atom is 0.247 e. The highest BCUT2D eigenvalue weighted by Crippen LogP contribution is 2.09. The molecule has 8 nitrogen and oxygen atoms in total. The number of nitrogens with zero attached hydrogens (tertiary/aromatic N) is 5. The van der Waals surface area contributed by atoms with Gasteiger partial charge in [-0.2, -0.15) is 4.37 Å². The molecule has 90 valence electrons. The second-order valence-electron chi connectivity index (χ2n) is 3.31. The fraction of sp³-hybridized carbons (Fsp3) is 0.375. The van der Waals surface area contributed by atoms with Gasteiger partial charge < -0.3 is 5.73 Å². The number of rotatable bonds is 4. The van der Waals surface area contributed by atoms with Gasteiger partial charge in [-0.15, -0.1) is 5.10 Å². The van der Waals surface area contributed by atoms with E-state index in [0.29, 0.717) is 23.2 Å². The van der Waals surface area contributed by atoms with Gasteiger partial charge in [0, 0.05) is 18.1 Å². The summed E-state index contributed by atoms with van der Waals surface area (Å²) in [5.41, 5.74) is 6.03. The molecule has 2 aromatic rings. The Bertz CT molecular complexity index is 519. The summed E-state index contributed by atoms with van der Waals surface area (Å²) in [6.45, 7) is 2.14. The van der Waals surface area contributed by atoms with Gasteiger partial charge in [-0.1, -0.05) is 5.21 Å². The highest BCUT2D eigenvalue weighted by molar-refractivity contribution is 7.09. The zero-order chi connectivity index (χ0) is 12.3. The van der Waals surface area contributed by atoms with Crippen molar-refractivity contribution in [1.29, 1.82) is 0 Å². The number of anilines is 1. The topological polar surface area (TPSA) is 112 Å². The van der Waals surface area contributed by atoms with Gasteiger partial charge in [0.15, 0.2) is 0 Å². The largest absolute Gasteiger partial charge is 0.325 e. The number of hydrogen-bond donors (Lipinski definition) is 2. The third kappa shape index (κ3) is 3.04. The fourth-order valence-electron chi connectivity index (χ4n) is 1.16. The molecule has 0 aromatic carbocycles. The first-order valence-corrected chi connectivity index (χ1v) is 5.64. The van der Waals surface area contributed by atoms with E-state index in [4.69, 9.17) is 5.73 Å². The van der Waals surface area contributed by atoms with Crippen LogP contribution in [0.4, 0.5) is 5.13 Å². The lowest BCUT2D eigenvalue weighted by Gasteiger charge is -1.99. The smallest absolute Gasteiger partial charge is 0.247 e. The van der Waals surface area contributed by atoms with Crippen LogP contribution < -0.4 is 11.1 Å². The Morgan fingerprint density at radius 3 is 3.06 bits per heavy atom. The fourth-order valence-corrected chi connectivity index (χ4v) is 1.75. The van der Waals surface area contributed by atoms with E-state index < -0.39 is 0 Å². The van der Waals surface area contributed by atoms with E-state index in [1.807, 2.05) is 0 Å². The molecule has 2 heterocycles. The Hall–Kier alpha value is -1.87. The zero-order valence-corrected chi connectivity index (χ0v) is 9.94. The Morgan fingerprint density at radius 2 is 2.47 bits per heavy atom. The molecule has 0 unspecified atom stereocenters. The van der Waals surface area contributed by atoms with Crippen LogP contribution in [0.5, 0.6) is 0 Å². The molecule has 0 saturated heterocycles. The lowest BCUT2D eigenvalue weighted by Crippen LogP contribution is -2.19. The van der Waals surface area contributed by atoms with Crippen LogP contribution in [-0.2, 0) is 17.9 Å². The minimum atomic E-state index is -0.227. The Morgan fingerprint density at radius 1 is 1.65 bits per heavy atom. The second-order valence-corrected chi connectivity index (χ2v) is 4.06. The van der Waals surface area contributed by atoms with Crippen molar-refractivity contribution in [3.63, 3.8) is 0 Å². The van der Waals surface area contributed by atoms with Gasteiger partial charge in [0.2, 0.25) is 11.0 Å². The standard InChI is InChI=1S/C8H11N7OS/c1-5-10-8(17-13-5)11-7(16)4-15-3-6(2-9)12-14-15/h3H,2,4,9H2,1H3,(H,10,11,13,16). The summed E-state index contributed by atoms with van der Waals surface area (Å²) in [5, 5.41) is 10.7. The molecule has 9 heteroatoms. The molecule has 0 aliphatic rings. The number of aryl methyl sites for hydroxylation is 1. The third-order valence-corrected chi connectivity index (χ3v) is 2.60. The number of aromatic nitrogens is 5. The zero-order valence-electron chi connectivity index (χ0n) is 9.12. The van der Waals surface area contributed by atoms with Crippen LogP contribution in [0.2, 0.25) is 0 Å². The summed E-state index contributed by atoms with van der Waals surface area (Å²) in [5.74, 6) is 0.408. The van der Waals surface area contributed by atoms with Gasteiger partial charge in [-0.3, -0.25) is 10.1 Å². The number of carbonyl (C=O) groups excluding carboxylic acids is 1. The average Bonchev–Trinajstić information content (AvgIpc) is 2.88. The molecule has 0 bridgehead atoms. The van der Waals surface area contributed by atoms with Gasteiger partial charge >= 0.3 is 0 Å². The van der Waals surface area contributed by atoms with Crippen LogP contribution in [0.1, 0.15) is 11.5 Å². The van der Waals surface area contributed by atoms with E-state index in [2.05, 4.69) is 25.0 Å². The number of nitrogens with one attached hydrogen (secondary N) is 1. The Labute approximate surface area is 101 Å². The molecule has 17 heavy (non-hydrogen) atoms. The summed E-state index contributed by atoms with van der Waals surface area (Å²) >= 11 is 1.14. The second kappa shape index (κ2) is 4.97. The molecule has 0 saturated carbocycles. The molecule has 1 amide bonds. The molecular weight excluding hydrogens is 242 g/mol. The van der Waals surface area contributed by atoms with Crippen LogP contribution in [-0.4, -0.2) is 30.3 Å². The van der Waals surface area contributed by atoms with E-state index in [-0.39, 0.29) is 12.5 Å². The van der Waals surface area contributed by atoms with E-state index in [9.17, 15) is 4.79 Å². The van der Waals surface area contributed by atoms with E-state index in [0.717, 1.165) is 11.5 Å². The first-order chi connectivity index (χ1) is 8.17. The van der Waals surface area contributed by atoms with Crippen molar-refractivity contribution in [2.45, 2.75) is 20.0 Å². The monoisotopic (exact) mass is 253 g/mol. The van der Waals surface area contributed by atoms with Gasteiger partial charge in [0.25, 0.3) is 0 Å². The van der Waals surface area contributed by atoms with Crippen LogP contribution in [0.15, 0.2) is 6.20 Å². The van der Waals surface area contributed by atoms with Crippen molar-refractivity contribution in [3.05, 3.63) is 17.7 Å². The van der Waals surface area contributed by atoms with Crippen molar-refractivity contribution in [2.24, 2.45) is 5.73 Å². The maximum atomic E-state index is 11.6. The first kappa shape index (κ1) is 11.6. The highest BCUT2D eigenvalue weighted by atomic mass is 32.1. The minimum Gasteiger partial charge on any atom is -0.325 e. The number of carbonyl (C=O) groups is 1. The van der Waals surface area contributed by atoms with Gasteiger partial charge in [-0.25, -0.2) is 9.67 Å². The number of hydrogen-bond acceptors (Lipinski definition) is 7. The Balaban J connectivity index is 1.93. The average molecular weight is 253 g/mol. The van der Waals surface area contributed by atoms with Crippen molar-refractivity contribution in [1.82, 2.24) is 24.4 Å². The summed E-state index contributed by atoms with van der Waals surface area (Å²) in [7, 11) is 0. The van der Waals surface area contributed by atoms with E-state index >= 15 is 0 Å². The summed E-state index contributed by atoms with van der Waals surface area (Å²) in [6, 6.07) is 0. The van der Waals surface area contributed by atoms with Crippen LogP contribution in [0.3, 0.4) is 0 Å². The molecule has 2 rings (SSSR count). The molecule has 0 atom stereocenters. The molecule has 0 radical (unpaired) electrons. The van der Waals surface area contributed by atoms with Crippen molar-refractivity contribution in [3.8, 4) is 0 Å². The minimum absolute atomic E-state index is 0.0750. The molecule has 2 aromatic heterocycles. The normalized spacial score (nSPS) is 10.5. The molecule has 0 aliphatic heterocycles. The summed E-state index contributed by atoms with van der Waals surface area (Å²) in [6.07, 6.45) is 1.63. The van der Waals surface area contributed by atoms with Crippen molar-refractivity contribution < 1.29 is 4.79 Å². The van der Waals surface area contributed by atoms with Gasteiger partial charge in [0.1, 0.15) is 12.4 Å². The predicted octanol–water partition coefficient (Wildman–Crippen LogP) is -0.465. The quantitative estimate of drug-likeness (QED) is 0.762. The van der Waals surface area contributed by atoms with E-state index in [1.54, 1.807) is 13.1 Å². The molecule has 0 spiro atoms. The molecular formula is C8H11N7OS. The van der Waals surface area contributed by atoms with E-state index in [1.165, 1.54) is 4.68 Å². The molecule has 3 N–H and O–H groups in total. The number of nitrogens with two attached hydrogens (primary N) is 1. The van der Waals surface area contributed by atoms with Gasteiger partial charge in [0.05, 0.1) is 11.9 Å². The van der Waals surface area contributed by atoms with Crippen molar-refractivity contribution >= 4 is 22.6 Å². The van der Waals surface area contributed by atoms with Gasteiger partial charge in [-0.05, 0) is 6.92 Å². The Kier molecular flexibility index (Phi) is 3.40. The predicted molar refractivity (Wildman–Crippen MR) is 61.2 cm³/mol. The van der Waals surface area contributed by atoms with Crippen LogP contribution in [0.25, 0.3) is 0 Å². The summed E-state index contributed by atoms with van der Waals surface area (Å²) in [4.78, 5) is 15.6. The first-order valence-electron chi connectivity index (χ1n) is 4.86. The van der Waals surface area contributed by atoms with Crippen LogP contribution in [0, 0.1) is 6.92 Å².